The van der Waals surface area contributed by atoms with Crippen LogP contribution in [0.3, 0.4) is 0 Å². The molecule has 0 saturated carbocycles. The van der Waals surface area contributed by atoms with Gasteiger partial charge in [-0.3, -0.25) is 4.79 Å². The molecule has 1 rings (SSSR count). The lowest BCUT2D eigenvalue weighted by molar-refractivity contribution is -0.141. The van der Waals surface area contributed by atoms with E-state index in [9.17, 15) is 4.79 Å². The van der Waals surface area contributed by atoms with Gasteiger partial charge in [-0.2, -0.15) is 5.10 Å². The summed E-state index contributed by atoms with van der Waals surface area (Å²) in [5, 5.41) is 7.25. The molecule has 1 aromatic rings. The molecular formula is C13H17BrN4O4. The summed E-state index contributed by atoms with van der Waals surface area (Å²) >= 11 is 3.39. The predicted molar refractivity (Wildman–Crippen MR) is 86.2 cm³/mol. The van der Waals surface area contributed by atoms with Crippen molar-refractivity contribution in [2.24, 2.45) is 21.7 Å². The fourth-order valence-electron chi connectivity index (χ4n) is 1.42. The van der Waals surface area contributed by atoms with Crippen molar-refractivity contribution in [1.82, 2.24) is 0 Å². The first-order chi connectivity index (χ1) is 10.4. The Morgan fingerprint density at radius 3 is 2.64 bits per heavy atom. The van der Waals surface area contributed by atoms with Gasteiger partial charge >= 0.3 is 5.97 Å². The Morgan fingerprint density at radius 1 is 1.32 bits per heavy atom. The van der Waals surface area contributed by atoms with Crippen LogP contribution in [-0.4, -0.2) is 38.5 Å². The van der Waals surface area contributed by atoms with E-state index in [0.29, 0.717) is 21.5 Å². The third kappa shape index (κ3) is 6.00. The van der Waals surface area contributed by atoms with Gasteiger partial charge in [0.25, 0.3) is 0 Å². The number of carbonyl (C=O) groups excluding carboxylic acids is 1. The molecule has 22 heavy (non-hydrogen) atoms. The lowest BCUT2D eigenvalue weighted by Gasteiger charge is -2.12. The van der Waals surface area contributed by atoms with E-state index in [1.807, 2.05) is 0 Å². The molecule has 0 saturated heterocycles. The maximum atomic E-state index is 10.7. The fourth-order valence-corrected chi connectivity index (χ4v) is 1.84. The minimum absolute atomic E-state index is 0.134. The third-order valence-electron chi connectivity index (χ3n) is 2.30. The Bertz CT molecular complexity index is 586. The zero-order valence-corrected chi connectivity index (χ0v) is 13.8. The van der Waals surface area contributed by atoms with Gasteiger partial charge in [-0.05, 0) is 28.1 Å². The number of halogens is 1. The molecule has 0 spiro atoms. The van der Waals surface area contributed by atoms with Crippen LogP contribution in [0.4, 0.5) is 0 Å². The molecule has 4 N–H and O–H groups in total. The number of hydrogen-bond acceptors (Lipinski definition) is 6. The number of nitrogens with zero attached hydrogens (tertiary/aromatic N) is 2. The van der Waals surface area contributed by atoms with Gasteiger partial charge in [-0.1, -0.05) is 0 Å². The number of guanidine groups is 1. The Kier molecular flexibility index (Phi) is 7.17. The van der Waals surface area contributed by atoms with Crippen LogP contribution in [0, 0.1) is 0 Å². The molecule has 1 aromatic carbocycles. The summed E-state index contributed by atoms with van der Waals surface area (Å²) in [5.74, 6) is 0.505. The van der Waals surface area contributed by atoms with Crippen molar-refractivity contribution in [3.8, 4) is 11.5 Å². The number of rotatable bonds is 7. The normalized spacial score (nSPS) is 10.3. The van der Waals surface area contributed by atoms with Gasteiger partial charge in [0.15, 0.2) is 11.5 Å². The lowest BCUT2D eigenvalue weighted by Crippen LogP contribution is -2.21. The molecule has 0 aromatic heterocycles. The summed E-state index contributed by atoms with van der Waals surface area (Å²) in [6.45, 7) is 1.70. The average molecular weight is 373 g/mol. The topological polar surface area (TPSA) is 122 Å². The largest absolute Gasteiger partial charge is 0.493 e. The lowest BCUT2D eigenvalue weighted by atomic mass is 10.2. The molecule has 9 heteroatoms. The van der Waals surface area contributed by atoms with Crippen molar-refractivity contribution in [3.05, 3.63) is 22.2 Å². The van der Waals surface area contributed by atoms with Crippen molar-refractivity contribution in [3.63, 3.8) is 0 Å². The van der Waals surface area contributed by atoms with Crippen molar-refractivity contribution >= 4 is 34.1 Å². The maximum absolute atomic E-state index is 10.7. The predicted octanol–water partition coefficient (Wildman–Crippen LogP) is 1.01. The fraction of sp³-hybridized carbons (Fsp3) is 0.308. The first kappa shape index (κ1) is 17.8. The van der Waals surface area contributed by atoms with Crippen LogP contribution in [0.5, 0.6) is 11.5 Å². The van der Waals surface area contributed by atoms with E-state index in [1.54, 1.807) is 12.1 Å². The Morgan fingerprint density at radius 2 is 2.05 bits per heavy atom. The molecule has 120 valence electrons. The Balaban J connectivity index is 2.83. The van der Waals surface area contributed by atoms with Gasteiger partial charge in [0, 0.05) is 17.0 Å². The molecule has 0 bridgehead atoms. The van der Waals surface area contributed by atoms with Gasteiger partial charge in [-0.25, -0.2) is 0 Å². The summed E-state index contributed by atoms with van der Waals surface area (Å²) in [5.41, 5.74) is 11.1. The van der Waals surface area contributed by atoms with Crippen molar-refractivity contribution in [2.75, 3.05) is 20.3 Å². The molecule has 0 radical (unpaired) electrons. The summed E-state index contributed by atoms with van der Waals surface area (Å²) in [4.78, 5) is 10.7. The molecule has 0 aliphatic heterocycles. The van der Waals surface area contributed by atoms with Gasteiger partial charge in [-0.15, -0.1) is 5.10 Å². The second-order valence-electron chi connectivity index (χ2n) is 3.98. The molecule has 0 aliphatic rings. The highest BCUT2D eigenvalue weighted by atomic mass is 79.9. The van der Waals surface area contributed by atoms with Gasteiger partial charge < -0.3 is 25.7 Å². The maximum Gasteiger partial charge on any atom is 0.302 e. The number of esters is 1. The zero-order valence-electron chi connectivity index (χ0n) is 12.2. The highest BCUT2D eigenvalue weighted by Gasteiger charge is 2.09. The molecule has 8 nitrogen and oxygen atoms in total. The number of hydrogen-bond donors (Lipinski definition) is 2. The molecule has 0 amide bonds. The number of methoxy groups -OCH3 is 1. The Hall–Kier alpha value is -2.29. The smallest absolute Gasteiger partial charge is 0.302 e. The van der Waals surface area contributed by atoms with Crippen LogP contribution in [0.1, 0.15) is 12.5 Å². The number of benzene rings is 1. The standard InChI is InChI=1S/C13H17BrN4O4/c1-8(19)21-3-4-22-12-6-10(14)9(5-11(12)20-2)7-17-18-13(15)16/h5-7H,3-4H2,1-2H3,(H4,15,16,18). The highest BCUT2D eigenvalue weighted by molar-refractivity contribution is 9.10. The van der Waals surface area contributed by atoms with E-state index in [4.69, 9.17) is 25.7 Å². The average Bonchev–Trinajstić information content (AvgIpc) is 2.45. The summed E-state index contributed by atoms with van der Waals surface area (Å²) < 4.78 is 16.3. The quantitative estimate of drug-likeness (QED) is 0.242. The van der Waals surface area contributed by atoms with Gasteiger partial charge in [0.2, 0.25) is 5.96 Å². The molecule has 0 heterocycles. The van der Waals surface area contributed by atoms with E-state index in [2.05, 4.69) is 26.1 Å². The van der Waals surface area contributed by atoms with Crippen molar-refractivity contribution < 1.29 is 19.0 Å². The van der Waals surface area contributed by atoms with Gasteiger partial charge in [0.1, 0.15) is 13.2 Å². The summed E-state index contributed by atoms with van der Waals surface area (Å²) in [7, 11) is 1.51. The SMILES string of the molecule is COc1cc(C=NN=C(N)N)c(Br)cc1OCCOC(C)=O. The van der Waals surface area contributed by atoms with Gasteiger partial charge in [0.05, 0.1) is 13.3 Å². The van der Waals surface area contributed by atoms with Crippen LogP contribution in [0.2, 0.25) is 0 Å². The first-order valence-corrected chi connectivity index (χ1v) is 6.99. The minimum atomic E-state index is -0.358. The summed E-state index contributed by atoms with van der Waals surface area (Å²) in [6.07, 6.45) is 1.47. The monoisotopic (exact) mass is 372 g/mol. The molecule has 0 aliphatic carbocycles. The second kappa shape index (κ2) is 8.88. The van der Waals surface area contributed by atoms with Crippen LogP contribution in [0.25, 0.3) is 0 Å². The molecule has 0 atom stereocenters. The Labute approximate surface area is 136 Å². The van der Waals surface area contributed by atoms with E-state index < -0.39 is 0 Å². The van der Waals surface area contributed by atoms with Crippen LogP contribution in [0.15, 0.2) is 26.8 Å². The van der Waals surface area contributed by atoms with E-state index >= 15 is 0 Å². The second-order valence-corrected chi connectivity index (χ2v) is 4.84. The van der Waals surface area contributed by atoms with Crippen molar-refractivity contribution in [1.29, 1.82) is 0 Å². The molecule has 0 fully saturated rings. The third-order valence-corrected chi connectivity index (χ3v) is 2.99. The van der Waals surface area contributed by atoms with E-state index in [1.165, 1.54) is 20.2 Å². The van der Waals surface area contributed by atoms with E-state index in [-0.39, 0.29) is 25.1 Å². The number of carbonyl (C=O) groups is 1. The molecule has 0 unspecified atom stereocenters. The zero-order chi connectivity index (χ0) is 16.5. The van der Waals surface area contributed by atoms with Crippen LogP contribution in [-0.2, 0) is 9.53 Å². The van der Waals surface area contributed by atoms with Crippen LogP contribution < -0.4 is 20.9 Å². The number of nitrogens with two attached hydrogens (primary N) is 2. The first-order valence-electron chi connectivity index (χ1n) is 6.19. The molecular weight excluding hydrogens is 356 g/mol. The van der Waals surface area contributed by atoms with E-state index in [0.717, 1.165) is 0 Å². The highest BCUT2D eigenvalue weighted by Crippen LogP contribution is 2.32. The summed E-state index contributed by atoms with van der Waals surface area (Å²) in [6, 6.07) is 3.42. The minimum Gasteiger partial charge on any atom is -0.493 e. The van der Waals surface area contributed by atoms with Crippen molar-refractivity contribution in [2.45, 2.75) is 6.92 Å². The van der Waals surface area contributed by atoms with Crippen LogP contribution >= 0.6 is 15.9 Å². The number of ether oxygens (including phenoxy) is 3.